The van der Waals surface area contributed by atoms with E-state index in [1.54, 1.807) is 19.2 Å². The van der Waals surface area contributed by atoms with Gasteiger partial charge in [0.05, 0.1) is 20.4 Å². The summed E-state index contributed by atoms with van der Waals surface area (Å²) in [6.07, 6.45) is 1.61. The molecule has 1 aromatic carbocycles. The van der Waals surface area contributed by atoms with E-state index in [1.807, 2.05) is 12.1 Å². The summed E-state index contributed by atoms with van der Waals surface area (Å²) in [5, 5.41) is 0. The molecule has 2 aromatic rings. The highest BCUT2D eigenvalue weighted by atomic mass is 16.5. The van der Waals surface area contributed by atoms with E-state index in [1.165, 1.54) is 20.2 Å². The van der Waals surface area contributed by atoms with Crippen molar-refractivity contribution in [1.29, 1.82) is 0 Å². The second kappa shape index (κ2) is 6.21. The van der Waals surface area contributed by atoms with Crippen molar-refractivity contribution in [3.8, 4) is 11.6 Å². The average Bonchev–Trinajstić information content (AvgIpc) is 2.49. The van der Waals surface area contributed by atoms with Gasteiger partial charge in [0.1, 0.15) is 11.4 Å². The van der Waals surface area contributed by atoms with Crippen molar-refractivity contribution in [2.45, 2.75) is 13.3 Å². The predicted octanol–water partition coefficient (Wildman–Crippen LogP) is 1.51. The van der Waals surface area contributed by atoms with E-state index < -0.39 is 5.56 Å². The molecular formula is C15H16N2O4. The number of carbonyl (C=O) groups is 1. The van der Waals surface area contributed by atoms with Gasteiger partial charge in [0, 0.05) is 13.3 Å². The van der Waals surface area contributed by atoms with Crippen LogP contribution < -0.4 is 15.0 Å². The van der Waals surface area contributed by atoms with Gasteiger partial charge in [-0.1, -0.05) is 12.1 Å². The number of nitrogens with zero attached hydrogens (tertiary/aromatic N) is 2. The summed E-state index contributed by atoms with van der Waals surface area (Å²) in [4.78, 5) is 27.8. The number of hydrogen-bond acceptors (Lipinski definition) is 5. The Balaban J connectivity index is 2.40. The molecule has 0 aliphatic carbocycles. The third-order valence-corrected chi connectivity index (χ3v) is 3.03. The molecule has 0 saturated carbocycles. The van der Waals surface area contributed by atoms with Crippen LogP contribution in [0.15, 0.2) is 35.3 Å². The van der Waals surface area contributed by atoms with Gasteiger partial charge < -0.3 is 9.47 Å². The Bertz CT molecular complexity index is 705. The molecule has 21 heavy (non-hydrogen) atoms. The average molecular weight is 288 g/mol. The fourth-order valence-electron chi connectivity index (χ4n) is 1.90. The molecular weight excluding hydrogens is 272 g/mol. The molecule has 110 valence electrons. The largest absolute Gasteiger partial charge is 0.497 e. The zero-order valence-corrected chi connectivity index (χ0v) is 12.1. The van der Waals surface area contributed by atoms with E-state index in [-0.39, 0.29) is 17.5 Å². The van der Waals surface area contributed by atoms with Crippen molar-refractivity contribution in [3.63, 3.8) is 0 Å². The Morgan fingerprint density at radius 2 is 1.86 bits per heavy atom. The lowest BCUT2D eigenvalue weighted by Crippen LogP contribution is -2.29. The monoisotopic (exact) mass is 288 g/mol. The maximum Gasteiger partial charge on any atom is 0.279 e. The van der Waals surface area contributed by atoms with Gasteiger partial charge in [0.15, 0.2) is 0 Å². The molecule has 0 atom stereocenters. The Morgan fingerprint density at radius 1 is 1.19 bits per heavy atom. The van der Waals surface area contributed by atoms with Gasteiger partial charge in [0.2, 0.25) is 11.8 Å². The van der Waals surface area contributed by atoms with Crippen LogP contribution in [0.5, 0.6) is 11.6 Å². The second-order valence-electron chi connectivity index (χ2n) is 4.45. The zero-order valence-electron chi connectivity index (χ0n) is 12.1. The fraction of sp³-hybridized carbons (Fsp3) is 0.267. The Labute approximate surface area is 122 Å². The van der Waals surface area contributed by atoms with Crippen LogP contribution in [-0.2, 0) is 6.42 Å². The van der Waals surface area contributed by atoms with E-state index in [2.05, 4.69) is 4.98 Å². The lowest BCUT2D eigenvalue weighted by atomic mass is 10.1. The summed E-state index contributed by atoms with van der Waals surface area (Å²) in [7, 11) is 3.03. The number of ether oxygens (including phenoxy) is 2. The van der Waals surface area contributed by atoms with Crippen molar-refractivity contribution in [2.75, 3.05) is 14.2 Å². The van der Waals surface area contributed by atoms with Gasteiger partial charge in [-0.3, -0.25) is 9.59 Å². The quantitative estimate of drug-likeness (QED) is 0.853. The van der Waals surface area contributed by atoms with E-state index in [4.69, 9.17) is 9.47 Å². The minimum absolute atomic E-state index is 0.230. The fourth-order valence-corrected chi connectivity index (χ4v) is 1.90. The van der Waals surface area contributed by atoms with Crippen molar-refractivity contribution in [1.82, 2.24) is 9.55 Å². The standard InChI is InChI=1S/C15H16N2O4/c1-10(18)17-9-14(21-3)16-13(15(17)19)8-11-4-6-12(20-2)7-5-11/h4-7,9H,8H2,1-3H3. The van der Waals surface area contributed by atoms with Crippen molar-refractivity contribution < 1.29 is 14.3 Å². The summed E-state index contributed by atoms with van der Waals surface area (Å²) < 4.78 is 11.1. The Hall–Kier alpha value is -2.63. The molecule has 0 radical (unpaired) electrons. The first-order valence-electron chi connectivity index (χ1n) is 6.35. The number of methoxy groups -OCH3 is 2. The van der Waals surface area contributed by atoms with Crippen LogP contribution in [0.3, 0.4) is 0 Å². The van der Waals surface area contributed by atoms with E-state index >= 15 is 0 Å². The van der Waals surface area contributed by atoms with Gasteiger partial charge in [0.25, 0.3) is 5.56 Å². The normalized spacial score (nSPS) is 10.2. The molecule has 0 amide bonds. The molecule has 6 heteroatoms. The molecule has 0 aliphatic heterocycles. The van der Waals surface area contributed by atoms with Gasteiger partial charge in [-0.2, -0.15) is 0 Å². The van der Waals surface area contributed by atoms with Crippen LogP contribution >= 0.6 is 0 Å². The molecule has 6 nitrogen and oxygen atoms in total. The van der Waals surface area contributed by atoms with Crippen LogP contribution in [0.2, 0.25) is 0 Å². The van der Waals surface area contributed by atoms with Crippen LogP contribution in [0.1, 0.15) is 23.0 Å². The molecule has 0 bridgehead atoms. The van der Waals surface area contributed by atoms with E-state index in [9.17, 15) is 9.59 Å². The summed E-state index contributed by atoms with van der Waals surface area (Å²) in [5.74, 6) is 0.587. The molecule has 0 aliphatic rings. The van der Waals surface area contributed by atoms with Gasteiger partial charge in [-0.25, -0.2) is 9.55 Å². The molecule has 0 N–H and O–H groups in total. The van der Waals surface area contributed by atoms with Crippen LogP contribution in [0.4, 0.5) is 0 Å². The zero-order chi connectivity index (χ0) is 15.4. The topological polar surface area (TPSA) is 70.4 Å². The molecule has 1 heterocycles. The molecule has 0 saturated heterocycles. The number of rotatable bonds is 4. The number of aromatic nitrogens is 2. The summed E-state index contributed by atoms with van der Waals surface area (Å²) >= 11 is 0. The molecule has 0 unspecified atom stereocenters. The minimum Gasteiger partial charge on any atom is -0.497 e. The van der Waals surface area contributed by atoms with Crippen LogP contribution in [-0.4, -0.2) is 29.7 Å². The van der Waals surface area contributed by atoms with Crippen molar-refractivity contribution >= 4 is 5.91 Å². The highest BCUT2D eigenvalue weighted by Crippen LogP contribution is 2.14. The Kier molecular flexibility index (Phi) is 4.37. The van der Waals surface area contributed by atoms with E-state index in [0.717, 1.165) is 15.9 Å². The van der Waals surface area contributed by atoms with Crippen LogP contribution in [0.25, 0.3) is 0 Å². The highest BCUT2D eigenvalue weighted by molar-refractivity contribution is 5.76. The molecule has 1 aromatic heterocycles. The molecule has 2 rings (SSSR count). The first kappa shape index (κ1) is 14.8. The smallest absolute Gasteiger partial charge is 0.279 e. The number of hydrogen-bond donors (Lipinski definition) is 0. The lowest BCUT2D eigenvalue weighted by Gasteiger charge is -2.08. The molecule has 0 fully saturated rings. The summed E-state index contributed by atoms with van der Waals surface area (Å²) in [5.41, 5.74) is 0.720. The summed E-state index contributed by atoms with van der Waals surface area (Å²) in [6.45, 7) is 1.32. The van der Waals surface area contributed by atoms with Gasteiger partial charge in [-0.05, 0) is 17.7 Å². The maximum atomic E-state index is 12.2. The lowest BCUT2D eigenvalue weighted by molar-refractivity contribution is 0.0930. The maximum absolute atomic E-state index is 12.2. The first-order valence-corrected chi connectivity index (χ1v) is 6.35. The predicted molar refractivity (Wildman–Crippen MR) is 77.1 cm³/mol. The first-order chi connectivity index (χ1) is 10.0. The number of benzene rings is 1. The second-order valence-corrected chi connectivity index (χ2v) is 4.45. The highest BCUT2D eigenvalue weighted by Gasteiger charge is 2.12. The van der Waals surface area contributed by atoms with Crippen molar-refractivity contribution in [3.05, 3.63) is 52.1 Å². The van der Waals surface area contributed by atoms with E-state index in [0.29, 0.717) is 6.42 Å². The minimum atomic E-state index is -0.431. The number of carbonyl (C=O) groups excluding carboxylic acids is 1. The molecule has 0 spiro atoms. The SMILES string of the molecule is COc1ccc(Cc2nc(OC)cn(C(C)=O)c2=O)cc1. The van der Waals surface area contributed by atoms with Gasteiger partial charge >= 0.3 is 0 Å². The third kappa shape index (κ3) is 3.28. The van der Waals surface area contributed by atoms with Crippen molar-refractivity contribution in [2.24, 2.45) is 0 Å². The van der Waals surface area contributed by atoms with Gasteiger partial charge in [-0.15, -0.1) is 0 Å². The van der Waals surface area contributed by atoms with Crippen LogP contribution in [0, 0.1) is 0 Å². The Morgan fingerprint density at radius 3 is 2.38 bits per heavy atom. The third-order valence-electron chi connectivity index (χ3n) is 3.03. The summed E-state index contributed by atoms with van der Waals surface area (Å²) in [6, 6.07) is 7.30.